The van der Waals surface area contributed by atoms with Gasteiger partial charge in [-0.3, -0.25) is 10.1 Å². The molecule has 4 nitrogen and oxygen atoms in total. The molecule has 0 bridgehead atoms. The summed E-state index contributed by atoms with van der Waals surface area (Å²) in [5, 5.41) is 6.96. The largest absolute Gasteiger partial charge is 0.332 e. The van der Waals surface area contributed by atoms with Crippen molar-refractivity contribution in [2.45, 2.75) is 0 Å². The van der Waals surface area contributed by atoms with Crippen molar-refractivity contribution in [2.24, 2.45) is 0 Å². The summed E-state index contributed by atoms with van der Waals surface area (Å²) in [4.78, 5) is 16.9. The third kappa shape index (κ3) is 4.02. The van der Waals surface area contributed by atoms with E-state index >= 15 is 0 Å². The van der Waals surface area contributed by atoms with E-state index in [0.717, 1.165) is 26.5 Å². The predicted molar refractivity (Wildman–Crippen MR) is 115 cm³/mol. The van der Waals surface area contributed by atoms with Gasteiger partial charge in [-0.05, 0) is 48.6 Å². The summed E-state index contributed by atoms with van der Waals surface area (Å²) in [5.41, 5.74) is 3.34. The molecule has 0 aliphatic heterocycles. The van der Waals surface area contributed by atoms with Crippen LogP contribution in [0.1, 0.15) is 10.4 Å². The number of rotatable bonds is 3. The molecule has 2 N–H and O–H groups in total. The lowest BCUT2D eigenvalue weighted by Crippen LogP contribution is -2.34. The Balaban J connectivity index is 1.49. The number of nitrogens with one attached hydrogen (secondary N) is 2. The maximum atomic E-state index is 12.2. The standard InChI is InChI=1S/C21H15N3OS2/c25-19(14-7-2-1-3-8-14)24-21(26)22-16-10-6-9-15(13-16)20-23-17-11-4-5-12-18(17)27-20/h1-13H,(H2,22,24,25,26). The van der Waals surface area contributed by atoms with Crippen LogP contribution in [0, 0.1) is 0 Å². The van der Waals surface area contributed by atoms with Crippen molar-refractivity contribution in [1.82, 2.24) is 10.3 Å². The molecule has 0 atom stereocenters. The first-order chi connectivity index (χ1) is 13.2. The lowest BCUT2D eigenvalue weighted by atomic mass is 10.2. The topological polar surface area (TPSA) is 54.0 Å². The van der Waals surface area contributed by atoms with E-state index in [0.29, 0.717) is 5.56 Å². The zero-order valence-corrected chi connectivity index (χ0v) is 15.8. The predicted octanol–water partition coefficient (Wildman–Crippen LogP) is 5.09. The Morgan fingerprint density at radius 1 is 0.926 bits per heavy atom. The normalized spacial score (nSPS) is 10.5. The smallest absolute Gasteiger partial charge is 0.257 e. The van der Waals surface area contributed by atoms with Crippen LogP contribution in [0.2, 0.25) is 0 Å². The Labute approximate surface area is 165 Å². The Morgan fingerprint density at radius 2 is 1.70 bits per heavy atom. The molecule has 0 unspecified atom stereocenters. The second kappa shape index (κ2) is 7.65. The highest BCUT2D eigenvalue weighted by atomic mass is 32.1. The highest BCUT2D eigenvalue weighted by molar-refractivity contribution is 7.80. The fraction of sp³-hybridized carbons (Fsp3) is 0. The van der Waals surface area contributed by atoms with Gasteiger partial charge in [0.15, 0.2) is 5.11 Å². The van der Waals surface area contributed by atoms with E-state index in [1.807, 2.05) is 60.7 Å². The highest BCUT2D eigenvalue weighted by Gasteiger charge is 2.09. The van der Waals surface area contributed by atoms with Crippen molar-refractivity contribution in [1.29, 1.82) is 0 Å². The van der Waals surface area contributed by atoms with Gasteiger partial charge in [0.25, 0.3) is 5.91 Å². The Hall–Kier alpha value is -3.09. The molecule has 0 saturated carbocycles. The van der Waals surface area contributed by atoms with Gasteiger partial charge in [0, 0.05) is 16.8 Å². The first-order valence-corrected chi connectivity index (χ1v) is 9.55. The van der Waals surface area contributed by atoms with Gasteiger partial charge in [0.1, 0.15) is 5.01 Å². The van der Waals surface area contributed by atoms with Gasteiger partial charge in [-0.1, -0.05) is 42.5 Å². The third-order valence-corrected chi connectivity index (χ3v) is 5.21. The lowest BCUT2D eigenvalue weighted by Gasteiger charge is -2.10. The van der Waals surface area contributed by atoms with Crippen LogP contribution in [0.3, 0.4) is 0 Å². The van der Waals surface area contributed by atoms with E-state index in [1.165, 1.54) is 0 Å². The summed E-state index contributed by atoms with van der Waals surface area (Å²) in [5.74, 6) is -0.240. The Morgan fingerprint density at radius 3 is 2.52 bits per heavy atom. The Bertz CT molecular complexity index is 1090. The number of anilines is 1. The number of hydrogen-bond acceptors (Lipinski definition) is 4. The van der Waals surface area contributed by atoms with Gasteiger partial charge in [0.05, 0.1) is 10.2 Å². The van der Waals surface area contributed by atoms with Crippen LogP contribution in [0.4, 0.5) is 5.69 Å². The number of fused-ring (bicyclic) bond motifs is 1. The average Bonchev–Trinajstić information content (AvgIpc) is 3.13. The SMILES string of the molecule is O=C(NC(=S)Nc1cccc(-c2nc3ccccc3s2)c1)c1ccccc1. The molecular formula is C21H15N3OS2. The van der Waals surface area contributed by atoms with Gasteiger partial charge in [0.2, 0.25) is 0 Å². The second-order valence-corrected chi connectivity index (χ2v) is 7.28. The van der Waals surface area contributed by atoms with Crippen molar-refractivity contribution in [3.63, 3.8) is 0 Å². The zero-order chi connectivity index (χ0) is 18.6. The molecule has 0 spiro atoms. The van der Waals surface area contributed by atoms with Crippen molar-refractivity contribution in [3.8, 4) is 10.6 Å². The van der Waals surface area contributed by atoms with Gasteiger partial charge in [-0.25, -0.2) is 4.98 Å². The number of hydrogen-bond donors (Lipinski definition) is 2. The molecule has 0 aliphatic rings. The molecule has 0 aliphatic carbocycles. The van der Waals surface area contributed by atoms with Crippen LogP contribution < -0.4 is 10.6 Å². The summed E-state index contributed by atoms with van der Waals surface area (Å²) in [6, 6.07) is 24.8. The minimum Gasteiger partial charge on any atom is -0.332 e. The van der Waals surface area contributed by atoms with E-state index in [9.17, 15) is 4.79 Å². The van der Waals surface area contributed by atoms with E-state index in [2.05, 4.69) is 21.7 Å². The van der Waals surface area contributed by atoms with Crippen LogP contribution in [-0.2, 0) is 0 Å². The molecule has 6 heteroatoms. The summed E-state index contributed by atoms with van der Waals surface area (Å²) in [7, 11) is 0. The van der Waals surface area contributed by atoms with E-state index in [1.54, 1.807) is 23.5 Å². The number of thiazole rings is 1. The number of carbonyl (C=O) groups excluding carboxylic acids is 1. The summed E-state index contributed by atoms with van der Waals surface area (Å²) in [6.07, 6.45) is 0. The van der Waals surface area contributed by atoms with Crippen molar-refractivity contribution < 1.29 is 4.79 Å². The number of amides is 1. The van der Waals surface area contributed by atoms with Crippen LogP contribution in [0.5, 0.6) is 0 Å². The number of benzene rings is 3. The van der Waals surface area contributed by atoms with Gasteiger partial charge < -0.3 is 5.32 Å². The molecule has 0 radical (unpaired) electrons. The maximum Gasteiger partial charge on any atom is 0.257 e. The van der Waals surface area contributed by atoms with Crippen LogP contribution in [0.25, 0.3) is 20.8 Å². The second-order valence-electron chi connectivity index (χ2n) is 5.84. The fourth-order valence-electron chi connectivity index (χ4n) is 2.65. The fourth-order valence-corrected chi connectivity index (χ4v) is 3.83. The van der Waals surface area contributed by atoms with Crippen molar-refractivity contribution >= 4 is 50.5 Å². The van der Waals surface area contributed by atoms with Gasteiger partial charge in [-0.15, -0.1) is 11.3 Å². The minimum atomic E-state index is -0.240. The first kappa shape index (κ1) is 17.3. The molecule has 4 aromatic rings. The third-order valence-electron chi connectivity index (χ3n) is 3.92. The number of para-hydroxylation sites is 1. The monoisotopic (exact) mass is 389 g/mol. The lowest BCUT2D eigenvalue weighted by molar-refractivity contribution is 0.0977. The molecule has 4 rings (SSSR count). The van der Waals surface area contributed by atoms with E-state index in [4.69, 9.17) is 12.2 Å². The number of aromatic nitrogens is 1. The minimum absolute atomic E-state index is 0.240. The van der Waals surface area contributed by atoms with E-state index < -0.39 is 0 Å². The molecular weight excluding hydrogens is 374 g/mol. The summed E-state index contributed by atoms with van der Waals surface area (Å²) >= 11 is 6.91. The van der Waals surface area contributed by atoms with Crippen LogP contribution in [-0.4, -0.2) is 16.0 Å². The van der Waals surface area contributed by atoms with Crippen molar-refractivity contribution in [2.75, 3.05) is 5.32 Å². The molecule has 3 aromatic carbocycles. The molecule has 1 heterocycles. The molecule has 0 fully saturated rings. The van der Waals surface area contributed by atoms with Gasteiger partial charge >= 0.3 is 0 Å². The highest BCUT2D eigenvalue weighted by Crippen LogP contribution is 2.31. The van der Waals surface area contributed by atoms with Gasteiger partial charge in [-0.2, -0.15) is 0 Å². The Kier molecular flexibility index (Phi) is 4.91. The molecule has 1 aromatic heterocycles. The van der Waals surface area contributed by atoms with Crippen LogP contribution in [0.15, 0.2) is 78.9 Å². The summed E-state index contributed by atoms with van der Waals surface area (Å²) in [6.45, 7) is 0. The zero-order valence-electron chi connectivity index (χ0n) is 14.2. The average molecular weight is 390 g/mol. The van der Waals surface area contributed by atoms with E-state index in [-0.39, 0.29) is 11.0 Å². The summed E-state index contributed by atoms with van der Waals surface area (Å²) < 4.78 is 1.15. The molecule has 1 amide bonds. The molecule has 132 valence electrons. The number of thiocarbonyl (C=S) groups is 1. The number of carbonyl (C=O) groups is 1. The van der Waals surface area contributed by atoms with Crippen LogP contribution >= 0.6 is 23.6 Å². The molecule has 0 saturated heterocycles. The quantitative estimate of drug-likeness (QED) is 0.479. The molecule has 27 heavy (non-hydrogen) atoms. The first-order valence-electron chi connectivity index (χ1n) is 8.32. The maximum absolute atomic E-state index is 12.2. The number of nitrogens with zero attached hydrogens (tertiary/aromatic N) is 1. The van der Waals surface area contributed by atoms with Crippen molar-refractivity contribution in [3.05, 3.63) is 84.4 Å².